The lowest BCUT2D eigenvalue weighted by atomic mass is 10.1. The van der Waals surface area contributed by atoms with Crippen LogP contribution >= 0.6 is 0 Å². The van der Waals surface area contributed by atoms with Crippen LogP contribution < -0.4 is 5.32 Å². The summed E-state index contributed by atoms with van der Waals surface area (Å²) in [4.78, 5) is 25.7. The number of urea groups is 1. The summed E-state index contributed by atoms with van der Waals surface area (Å²) in [5, 5.41) is 3.94. The lowest BCUT2D eigenvalue weighted by molar-refractivity contribution is -0.142. The third-order valence-electron chi connectivity index (χ3n) is 4.37. The van der Waals surface area contributed by atoms with Crippen LogP contribution in [-0.2, 0) is 29.5 Å². The number of aryl methyl sites for hydroxylation is 1. The van der Waals surface area contributed by atoms with Crippen molar-refractivity contribution < 1.29 is 14.3 Å². The molecule has 1 N–H and O–H groups in total. The summed E-state index contributed by atoms with van der Waals surface area (Å²) in [6.45, 7) is 2.78. The molecule has 0 saturated carbocycles. The minimum atomic E-state index is -0.657. The first-order valence-electron chi connectivity index (χ1n) is 7.70. The van der Waals surface area contributed by atoms with E-state index in [0.717, 1.165) is 12.0 Å². The van der Waals surface area contributed by atoms with Gasteiger partial charge in [0.1, 0.15) is 6.04 Å². The van der Waals surface area contributed by atoms with Gasteiger partial charge in [-0.05, 0) is 30.5 Å². The highest BCUT2D eigenvalue weighted by molar-refractivity contribution is 5.89. The maximum atomic E-state index is 12.4. The quantitative estimate of drug-likeness (QED) is 0.860. The molecule has 122 valence electrons. The Morgan fingerprint density at radius 1 is 1.30 bits per heavy atom. The van der Waals surface area contributed by atoms with Crippen LogP contribution in [0.2, 0.25) is 0 Å². The highest BCUT2D eigenvalue weighted by Gasteiger charge is 2.24. The SMILES string of the molecule is COC(=O)[C@H](C)NC(=O)N1CCc2cn(C)c3cccc(c23)C1. The van der Waals surface area contributed by atoms with Gasteiger partial charge in [0.05, 0.1) is 7.11 Å². The van der Waals surface area contributed by atoms with Crippen molar-refractivity contribution in [3.05, 3.63) is 35.5 Å². The van der Waals surface area contributed by atoms with Crippen molar-refractivity contribution in [3.63, 3.8) is 0 Å². The summed E-state index contributed by atoms with van der Waals surface area (Å²) in [6.07, 6.45) is 2.93. The van der Waals surface area contributed by atoms with E-state index in [1.807, 2.05) is 13.1 Å². The van der Waals surface area contributed by atoms with Gasteiger partial charge in [0.15, 0.2) is 0 Å². The zero-order valence-corrected chi connectivity index (χ0v) is 13.6. The van der Waals surface area contributed by atoms with Crippen molar-refractivity contribution in [2.24, 2.45) is 7.05 Å². The molecule has 2 aromatic rings. The number of methoxy groups -OCH3 is 1. The van der Waals surface area contributed by atoms with E-state index in [-0.39, 0.29) is 6.03 Å². The summed E-state index contributed by atoms with van der Waals surface area (Å²) in [5.74, 6) is -0.445. The van der Waals surface area contributed by atoms with Crippen LogP contribution in [0, 0.1) is 0 Å². The van der Waals surface area contributed by atoms with Gasteiger partial charge in [-0.3, -0.25) is 0 Å². The van der Waals surface area contributed by atoms with E-state index in [9.17, 15) is 9.59 Å². The number of amides is 2. The molecule has 2 heterocycles. The summed E-state index contributed by atoms with van der Waals surface area (Å²) < 4.78 is 6.78. The summed E-state index contributed by atoms with van der Waals surface area (Å²) in [6, 6.07) is 5.27. The molecule has 23 heavy (non-hydrogen) atoms. The molecule has 1 atom stereocenters. The van der Waals surface area contributed by atoms with Gasteiger partial charge in [-0.25, -0.2) is 9.59 Å². The molecule has 1 aliphatic rings. The molecule has 2 amide bonds. The Bertz CT molecular complexity index is 766. The maximum absolute atomic E-state index is 12.4. The normalized spacial score (nSPS) is 15.2. The number of hydrogen-bond donors (Lipinski definition) is 1. The van der Waals surface area contributed by atoms with E-state index in [0.29, 0.717) is 13.1 Å². The number of carbonyl (C=O) groups is 2. The van der Waals surface area contributed by atoms with Gasteiger partial charge in [-0.15, -0.1) is 0 Å². The Balaban J connectivity index is 1.82. The molecule has 1 aromatic carbocycles. The van der Waals surface area contributed by atoms with Crippen LogP contribution in [0.5, 0.6) is 0 Å². The van der Waals surface area contributed by atoms with Crippen LogP contribution in [0.3, 0.4) is 0 Å². The standard InChI is InChI=1S/C17H21N3O3/c1-11(16(21)23-3)18-17(22)20-8-7-13-9-19(2)14-6-4-5-12(10-20)15(13)14/h4-6,9,11H,7-8,10H2,1-3H3,(H,18,22)/t11-/m0/s1. The first-order chi connectivity index (χ1) is 11.0. The first kappa shape index (κ1) is 15.4. The van der Waals surface area contributed by atoms with Gasteiger partial charge in [-0.1, -0.05) is 12.1 Å². The van der Waals surface area contributed by atoms with E-state index in [1.54, 1.807) is 11.8 Å². The van der Waals surface area contributed by atoms with Crippen LogP contribution in [-0.4, -0.2) is 41.2 Å². The number of nitrogens with one attached hydrogen (secondary N) is 1. The highest BCUT2D eigenvalue weighted by atomic mass is 16.5. The molecule has 6 nitrogen and oxygen atoms in total. The number of rotatable bonds is 2. The number of esters is 1. The molecule has 3 rings (SSSR count). The van der Waals surface area contributed by atoms with Crippen molar-refractivity contribution in [2.45, 2.75) is 25.9 Å². The molecule has 0 unspecified atom stereocenters. The van der Waals surface area contributed by atoms with Gasteiger partial charge in [0.2, 0.25) is 0 Å². The van der Waals surface area contributed by atoms with E-state index in [4.69, 9.17) is 0 Å². The monoisotopic (exact) mass is 315 g/mol. The number of nitrogens with zero attached hydrogens (tertiary/aromatic N) is 2. The highest BCUT2D eigenvalue weighted by Crippen LogP contribution is 2.28. The molecule has 6 heteroatoms. The topological polar surface area (TPSA) is 63.6 Å². The average molecular weight is 315 g/mol. The number of aromatic nitrogens is 1. The third-order valence-corrected chi connectivity index (χ3v) is 4.37. The average Bonchev–Trinajstić information content (AvgIpc) is 2.75. The van der Waals surface area contributed by atoms with Crippen LogP contribution in [0.4, 0.5) is 4.79 Å². The molecule has 1 aromatic heterocycles. The molecular weight excluding hydrogens is 294 g/mol. The van der Waals surface area contributed by atoms with Gasteiger partial charge in [-0.2, -0.15) is 0 Å². The zero-order chi connectivity index (χ0) is 16.6. The second-order valence-corrected chi connectivity index (χ2v) is 5.94. The van der Waals surface area contributed by atoms with Crippen molar-refractivity contribution >= 4 is 22.9 Å². The van der Waals surface area contributed by atoms with Crippen LogP contribution in [0.15, 0.2) is 24.4 Å². The molecular formula is C17H21N3O3. The van der Waals surface area contributed by atoms with E-state index >= 15 is 0 Å². The minimum absolute atomic E-state index is 0.241. The van der Waals surface area contributed by atoms with E-state index < -0.39 is 12.0 Å². The fourth-order valence-corrected chi connectivity index (χ4v) is 3.17. The number of benzene rings is 1. The predicted molar refractivity (Wildman–Crippen MR) is 87.0 cm³/mol. The summed E-state index contributed by atoms with van der Waals surface area (Å²) >= 11 is 0. The number of ether oxygens (including phenoxy) is 1. The Kier molecular flexibility index (Phi) is 3.98. The van der Waals surface area contributed by atoms with Crippen molar-refractivity contribution in [2.75, 3.05) is 13.7 Å². The van der Waals surface area contributed by atoms with E-state index in [2.05, 4.69) is 33.0 Å². The lowest BCUT2D eigenvalue weighted by Crippen LogP contribution is -2.47. The Hall–Kier alpha value is -2.50. The fourth-order valence-electron chi connectivity index (χ4n) is 3.17. The number of carbonyl (C=O) groups excluding carboxylic acids is 2. The summed E-state index contributed by atoms with van der Waals surface area (Å²) in [7, 11) is 3.36. The van der Waals surface area contributed by atoms with Crippen molar-refractivity contribution in [1.82, 2.24) is 14.8 Å². The maximum Gasteiger partial charge on any atom is 0.328 e. The lowest BCUT2D eigenvalue weighted by Gasteiger charge is -2.23. The number of hydrogen-bond acceptors (Lipinski definition) is 3. The first-order valence-corrected chi connectivity index (χ1v) is 7.70. The molecule has 0 radical (unpaired) electrons. The fraction of sp³-hybridized carbons (Fsp3) is 0.412. The smallest absolute Gasteiger partial charge is 0.328 e. The summed E-state index contributed by atoms with van der Waals surface area (Å²) in [5.41, 5.74) is 3.58. The molecule has 0 bridgehead atoms. The Labute approximate surface area is 135 Å². The molecule has 0 aliphatic carbocycles. The predicted octanol–water partition coefficient (Wildman–Crippen LogP) is 1.81. The Morgan fingerprint density at radius 2 is 2.09 bits per heavy atom. The largest absolute Gasteiger partial charge is 0.467 e. The second kappa shape index (κ2) is 5.95. The molecule has 0 saturated heterocycles. The van der Waals surface area contributed by atoms with Crippen molar-refractivity contribution in [1.29, 1.82) is 0 Å². The third kappa shape index (κ3) is 2.76. The second-order valence-electron chi connectivity index (χ2n) is 5.94. The minimum Gasteiger partial charge on any atom is -0.467 e. The van der Waals surface area contributed by atoms with Gasteiger partial charge < -0.3 is 19.5 Å². The Morgan fingerprint density at radius 3 is 2.83 bits per heavy atom. The van der Waals surface area contributed by atoms with Crippen LogP contribution in [0.25, 0.3) is 10.9 Å². The van der Waals surface area contributed by atoms with Gasteiger partial charge in [0, 0.05) is 37.2 Å². The van der Waals surface area contributed by atoms with E-state index in [1.165, 1.54) is 23.6 Å². The zero-order valence-electron chi connectivity index (χ0n) is 13.6. The molecule has 1 aliphatic heterocycles. The van der Waals surface area contributed by atoms with Gasteiger partial charge >= 0.3 is 12.0 Å². The van der Waals surface area contributed by atoms with Gasteiger partial charge in [0.25, 0.3) is 0 Å². The van der Waals surface area contributed by atoms with Crippen molar-refractivity contribution in [3.8, 4) is 0 Å². The molecule has 0 spiro atoms. The molecule has 0 fully saturated rings. The van der Waals surface area contributed by atoms with Crippen LogP contribution in [0.1, 0.15) is 18.1 Å².